The Kier molecular flexibility index (Phi) is 2.33. The van der Waals surface area contributed by atoms with Crippen LogP contribution in [0.3, 0.4) is 0 Å². The summed E-state index contributed by atoms with van der Waals surface area (Å²) in [6.45, 7) is 2.02. The lowest BCUT2D eigenvalue weighted by Gasteiger charge is -2.08. The SMILES string of the molecule is [NH-]c1c[n+](N2CCCCCC2)no1. The summed E-state index contributed by atoms with van der Waals surface area (Å²) in [6, 6.07) is 0. The largest absolute Gasteiger partial charge is 0.660 e. The summed E-state index contributed by atoms with van der Waals surface area (Å²) < 4.78 is 4.70. The zero-order valence-corrected chi connectivity index (χ0v) is 7.57. The van der Waals surface area contributed by atoms with Crippen LogP contribution in [0.25, 0.3) is 5.73 Å². The van der Waals surface area contributed by atoms with Crippen molar-refractivity contribution >= 4 is 5.88 Å². The number of rotatable bonds is 1. The molecule has 1 fully saturated rings. The minimum atomic E-state index is 0.115. The van der Waals surface area contributed by atoms with Crippen LogP contribution in [0.2, 0.25) is 0 Å². The number of hydrogen-bond donors (Lipinski definition) is 0. The smallest absolute Gasteiger partial charge is 0.256 e. The molecule has 0 radical (unpaired) electrons. The Labute approximate surface area is 77.0 Å². The van der Waals surface area contributed by atoms with E-state index in [0.717, 1.165) is 13.1 Å². The van der Waals surface area contributed by atoms with Crippen molar-refractivity contribution in [3.63, 3.8) is 0 Å². The average molecular weight is 182 g/mol. The van der Waals surface area contributed by atoms with Crippen molar-refractivity contribution in [3.05, 3.63) is 11.9 Å². The van der Waals surface area contributed by atoms with Crippen molar-refractivity contribution in [1.29, 1.82) is 0 Å². The summed E-state index contributed by atoms with van der Waals surface area (Å²) in [5.41, 5.74) is 7.21. The molecule has 2 heterocycles. The Bertz CT molecular complexity index is 265. The molecule has 13 heavy (non-hydrogen) atoms. The summed E-state index contributed by atoms with van der Waals surface area (Å²) in [5, 5.41) is 5.88. The van der Waals surface area contributed by atoms with E-state index in [1.54, 1.807) is 11.0 Å². The number of aromatic nitrogens is 2. The van der Waals surface area contributed by atoms with Crippen LogP contribution in [-0.4, -0.2) is 18.4 Å². The first-order chi connectivity index (χ1) is 6.36. The standard InChI is InChI=1S/C8H14N4O/c9-8-7-12(10-13-8)11-5-3-1-2-4-6-11/h7,9H,1-6H2. The van der Waals surface area contributed by atoms with Gasteiger partial charge in [-0.1, -0.05) is 12.8 Å². The zero-order chi connectivity index (χ0) is 9.10. The van der Waals surface area contributed by atoms with Gasteiger partial charge in [0.2, 0.25) is 5.27 Å². The average Bonchev–Trinajstić information content (AvgIpc) is 2.43. The molecule has 1 N–H and O–H groups in total. The van der Waals surface area contributed by atoms with Gasteiger partial charge < -0.3 is 10.3 Å². The van der Waals surface area contributed by atoms with Crippen LogP contribution in [0.1, 0.15) is 25.7 Å². The zero-order valence-electron chi connectivity index (χ0n) is 7.57. The highest BCUT2D eigenvalue weighted by Crippen LogP contribution is 2.07. The van der Waals surface area contributed by atoms with Gasteiger partial charge in [0, 0.05) is 0 Å². The molecule has 1 saturated heterocycles. The molecule has 0 atom stereocenters. The maximum absolute atomic E-state index is 7.21. The van der Waals surface area contributed by atoms with E-state index in [1.807, 2.05) is 0 Å². The maximum Gasteiger partial charge on any atom is 0.256 e. The third-order valence-corrected chi connectivity index (χ3v) is 2.33. The third-order valence-electron chi connectivity index (χ3n) is 2.33. The lowest BCUT2D eigenvalue weighted by atomic mass is 10.2. The van der Waals surface area contributed by atoms with Gasteiger partial charge in [-0.05, 0) is 12.8 Å². The van der Waals surface area contributed by atoms with Gasteiger partial charge in [0.15, 0.2) is 0 Å². The molecule has 0 spiro atoms. The highest BCUT2D eigenvalue weighted by atomic mass is 16.5. The van der Waals surface area contributed by atoms with Crippen molar-refractivity contribution < 1.29 is 9.31 Å². The van der Waals surface area contributed by atoms with Gasteiger partial charge in [-0.15, -0.1) is 0 Å². The van der Waals surface area contributed by atoms with Gasteiger partial charge in [0.1, 0.15) is 5.88 Å². The van der Waals surface area contributed by atoms with Gasteiger partial charge in [-0.3, -0.25) is 0 Å². The van der Waals surface area contributed by atoms with Crippen molar-refractivity contribution in [2.24, 2.45) is 0 Å². The summed E-state index contributed by atoms with van der Waals surface area (Å²) in [6.07, 6.45) is 6.59. The first kappa shape index (κ1) is 8.34. The molecule has 0 unspecified atom stereocenters. The quantitative estimate of drug-likeness (QED) is 0.612. The minimum absolute atomic E-state index is 0.115. The fraction of sp³-hybridized carbons (Fsp3) is 0.750. The van der Waals surface area contributed by atoms with Gasteiger partial charge in [0.05, 0.1) is 17.9 Å². The van der Waals surface area contributed by atoms with Crippen molar-refractivity contribution in [3.8, 4) is 0 Å². The van der Waals surface area contributed by atoms with Crippen LogP contribution < -0.4 is 9.80 Å². The van der Waals surface area contributed by atoms with Crippen molar-refractivity contribution in [2.75, 3.05) is 18.1 Å². The van der Waals surface area contributed by atoms with Gasteiger partial charge >= 0.3 is 0 Å². The van der Waals surface area contributed by atoms with E-state index in [4.69, 9.17) is 10.3 Å². The molecular weight excluding hydrogens is 168 g/mol. The second kappa shape index (κ2) is 3.64. The molecule has 2 rings (SSSR count). The molecule has 0 aromatic carbocycles. The number of nitrogens with zero attached hydrogens (tertiary/aromatic N) is 3. The lowest BCUT2D eigenvalue weighted by Crippen LogP contribution is -2.59. The molecule has 5 nitrogen and oxygen atoms in total. The summed E-state index contributed by atoms with van der Waals surface area (Å²) in [4.78, 5) is 1.65. The van der Waals surface area contributed by atoms with Crippen LogP contribution in [0.15, 0.2) is 10.7 Å². The Morgan fingerprint density at radius 2 is 2.00 bits per heavy atom. The molecule has 1 aliphatic rings. The number of nitrogens with one attached hydrogen (secondary N) is 1. The Morgan fingerprint density at radius 3 is 2.54 bits per heavy atom. The summed E-state index contributed by atoms with van der Waals surface area (Å²) >= 11 is 0. The maximum atomic E-state index is 7.21. The monoisotopic (exact) mass is 182 g/mol. The predicted octanol–water partition coefficient (Wildman–Crippen LogP) is 1.16. The molecule has 72 valence electrons. The highest BCUT2D eigenvalue weighted by Gasteiger charge is 2.18. The van der Waals surface area contributed by atoms with E-state index in [2.05, 4.69) is 10.3 Å². The second-order valence-corrected chi connectivity index (χ2v) is 3.35. The fourth-order valence-electron chi connectivity index (χ4n) is 1.63. The molecule has 1 aliphatic heterocycles. The molecule has 0 amide bonds. The van der Waals surface area contributed by atoms with E-state index >= 15 is 0 Å². The van der Waals surface area contributed by atoms with E-state index in [0.29, 0.717) is 0 Å². The van der Waals surface area contributed by atoms with E-state index in [1.165, 1.54) is 25.7 Å². The second-order valence-electron chi connectivity index (χ2n) is 3.35. The molecule has 0 saturated carbocycles. The van der Waals surface area contributed by atoms with Crippen molar-refractivity contribution in [2.45, 2.75) is 25.7 Å². The fourth-order valence-corrected chi connectivity index (χ4v) is 1.63. The van der Waals surface area contributed by atoms with Crippen LogP contribution in [0.4, 0.5) is 5.88 Å². The van der Waals surface area contributed by atoms with Gasteiger partial charge in [0.25, 0.3) is 6.20 Å². The molecule has 0 aliphatic carbocycles. The Morgan fingerprint density at radius 1 is 1.31 bits per heavy atom. The minimum Gasteiger partial charge on any atom is -0.660 e. The molecule has 1 aromatic rings. The molecular formula is C8H14N4O. The van der Waals surface area contributed by atoms with Crippen LogP contribution >= 0.6 is 0 Å². The van der Waals surface area contributed by atoms with Crippen LogP contribution in [-0.2, 0) is 0 Å². The predicted molar refractivity (Wildman–Crippen MR) is 47.1 cm³/mol. The first-order valence-electron chi connectivity index (χ1n) is 4.72. The van der Waals surface area contributed by atoms with E-state index < -0.39 is 0 Å². The topological polar surface area (TPSA) is 57.0 Å². The first-order valence-corrected chi connectivity index (χ1v) is 4.72. The Balaban J connectivity index is 2.06. The lowest BCUT2D eigenvalue weighted by molar-refractivity contribution is -0.758. The molecule has 5 heteroatoms. The summed E-state index contributed by atoms with van der Waals surface area (Å²) in [5.74, 6) is 0.115. The Hall–Kier alpha value is -1.26. The van der Waals surface area contributed by atoms with E-state index in [9.17, 15) is 0 Å². The van der Waals surface area contributed by atoms with Crippen LogP contribution in [0, 0.1) is 0 Å². The van der Waals surface area contributed by atoms with Crippen molar-refractivity contribution in [1.82, 2.24) is 5.27 Å². The number of hydrogen-bond acceptors (Lipinski definition) is 3. The van der Waals surface area contributed by atoms with Gasteiger partial charge in [-0.2, -0.15) is 5.01 Å². The van der Waals surface area contributed by atoms with Crippen LogP contribution in [0.5, 0.6) is 0 Å². The molecule has 1 aromatic heterocycles. The summed E-state index contributed by atoms with van der Waals surface area (Å²) in [7, 11) is 0. The van der Waals surface area contributed by atoms with Gasteiger partial charge in [-0.25, -0.2) is 0 Å². The highest BCUT2D eigenvalue weighted by molar-refractivity contribution is 5.19. The van der Waals surface area contributed by atoms with E-state index in [-0.39, 0.29) is 5.88 Å². The third kappa shape index (κ3) is 1.91. The normalized spacial score (nSPS) is 18.6. The molecule has 0 bridgehead atoms.